The zero-order chi connectivity index (χ0) is 20.0. The molecule has 26 heavy (non-hydrogen) atoms. The summed E-state index contributed by atoms with van der Waals surface area (Å²) in [7, 11) is 0. The molecule has 1 unspecified atom stereocenters. The first-order valence-electron chi connectivity index (χ1n) is 9.13. The van der Waals surface area contributed by atoms with Gasteiger partial charge in [-0.3, -0.25) is 4.79 Å². The smallest absolute Gasteiger partial charge is 0.410 e. The molecule has 2 rings (SSSR count). The minimum absolute atomic E-state index is 0.137. The number of carbonyl (C=O) groups is 2. The highest BCUT2D eigenvalue weighted by molar-refractivity contribution is 5.80. The number of ether oxygens (including phenoxy) is 3. The maximum Gasteiger partial charge on any atom is 0.410 e. The Kier molecular flexibility index (Phi) is 5.36. The largest absolute Gasteiger partial charge is 0.459 e. The van der Waals surface area contributed by atoms with Crippen LogP contribution in [0.2, 0.25) is 0 Å². The number of hydrogen-bond acceptors (Lipinski definition) is 5. The normalized spacial score (nSPS) is 22.2. The van der Waals surface area contributed by atoms with Crippen molar-refractivity contribution in [1.82, 2.24) is 4.90 Å². The summed E-state index contributed by atoms with van der Waals surface area (Å²) in [4.78, 5) is 25.8. The van der Waals surface area contributed by atoms with E-state index in [-0.39, 0.29) is 18.1 Å². The molecule has 0 aromatic heterocycles. The van der Waals surface area contributed by atoms with Crippen LogP contribution in [0.5, 0.6) is 0 Å². The van der Waals surface area contributed by atoms with E-state index in [2.05, 4.69) is 0 Å². The highest BCUT2D eigenvalue weighted by atomic mass is 19.1. The van der Waals surface area contributed by atoms with E-state index in [1.165, 1.54) is 0 Å². The van der Waals surface area contributed by atoms with Gasteiger partial charge in [0.2, 0.25) is 6.36 Å². The molecule has 6 nitrogen and oxygen atoms in total. The Morgan fingerprint density at radius 1 is 1.04 bits per heavy atom. The SMILES string of the molecule is CC1(COC(F)C2(C(=O)OC(C)(C)C)CC2)CN(C(=O)OC(C)(C)C)C1. The fourth-order valence-corrected chi connectivity index (χ4v) is 2.89. The molecular weight excluding hydrogens is 341 g/mol. The summed E-state index contributed by atoms with van der Waals surface area (Å²) in [6, 6.07) is 0. The minimum atomic E-state index is -1.69. The number of likely N-dealkylation sites (tertiary alicyclic amines) is 1. The van der Waals surface area contributed by atoms with Crippen molar-refractivity contribution in [2.45, 2.75) is 78.9 Å². The lowest BCUT2D eigenvalue weighted by Gasteiger charge is -2.47. The van der Waals surface area contributed by atoms with Crippen LogP contribution < -0.4 is 0 Å². The summed E-state index contributed by atoms with van der Waals surface area (Å²) in [5.74, 6) is -0.536. The monoisotopic (exact) mass is 373 g/mol. The molecule has 7 heteroatoms. The van der Waals surface area contributed by atoms with Gasteiger partial charge in [0.25, 0.3) is 0 Å². The van der Waals surface area contributed by atoms with Crippen LogP contribution in [0.25, 0.3) is 0 Å². The van der Waals surface area contributed by atoms with E-state index >= 15 is 0 Å². The van der Waals surface area contributed by atoms with Gasteiger partial charge in [0.05, 0.1) is 6.61 Å². The molecule has 0 radical (unpaired) electrons. The Morgan fingerprint density at radius 3 is 1.96 bits per heavy atom. The van der Waals surface area contributed by atoms with Crippen molar-refractivity contribution in [2.75, 3.05) is 19.7 Å². The Morgan fingerprint density at radius 2 is 1.54 bits per heavy atom. The number of hydrogen-bond donors (Lipinski definition) is 0. The molecular formula is C19H32FNO5. The highest BCUT2D eigenvalue weighted by Crippen LogP contribution is 2.52. The Balaban J connectivity index is 1.81. The van der Waals surface area contributed by atoms with Crippen molar-refractivity contribution < 1.29 is 28.2 Å². The summed E-state index contributed by atoms with van der Waals surface area (Å²) < 4.78 is 30.6. The van der Waals surface area contributed by atoms with E-state index in [1.807, 2.05) is 27.7 Å². The summed E-state index contributed by atoms with van der Waals surface area (Å²) in [6.07, 6.45) is -1.20. The third kappa shape index (κ3) is 5.09. The average Bonchev–Trinajstić information content (AvgIpc) is 3.19. The van der Waals surface area contributed by atoms with Crippen molar-refractivity contribution in [2.24, 2.45) is 10.8 Å². The first-order chi connectivity index (χ1) is 11.7. The number of amides is 1. The lowest BCUT2D eigenvalue weighted by Crippen LogP contribution is -2.60. The van der Waals surface area contributed by atoms with E-state index in [0.29, 0.717) is 25.9 Å². The quantitative estimate of drug-likeness (QED) is 0.688. The van der Waals surface area contributed by atoms with Crippen LogP contribution in [-0.2, 0) is 19.0 Å². The summed E-state index contributed by atoms with van der Waals surface area (Å²) >= 11 is 0. The molecule has 1 heterocycles. The highest BCUT2D eigenvalue weighted by Gasteiger charge is 2.60. The maximum atomic E-state index is 14.6. The summed E-state index contributed by atoms with van der Waals surface area (Å²) in [5.41, 5.74) is -2.71. The van der Waals surface area contributed by atoms with Crippen LogP contribution in [-0.4, -0.2) is 54.2 Å². The molecule has 1 amide bonds. The number of carbonyl (C=O) groups excluding carboxylic acids is 2. The lowest BCUT2D eigenvalue weighted by atomic mass is 9.83. The van der Waals surface area contributed by atoms with Crippen molar-refractivity contribution in [1.29, 1.82) is 0 Å². The van der Waals surface area contributed by atoms with Crippen LogP contribution in [0.3, 0.4) is 0 Å². The predicted molar refractivity (Wildman–Crippen MR) is 94.3 cm³/mol. The molecule has 1 aliphatic heterocycles. The number of rotatable bonds is 5. The second-order valence-electron chi connectivity index (χ2n) is 9.93. The van der Waals surface area contributed by atoms with E-state index in [0.717, 1.165) is 0 Å². The van der Waals surface area contributed by atoms with E-state index < -0.39 is 28.9 Å². The minimum Gasteiger partial charge on any atom is -0.459 e. The standard InChI is InChI=1S/C19H32FNO5/c1-16(2,3)25-14(22)19(8-9-19)13(20)24-12-18(7)10-21(11-18)15(23)26-17(4,5)6/h13H,8-12H2,1-7H3. The molecule has 2 aliphatic rings. The van der Waals surface area contributed by atoms with E-state index in [1.54, 1.807) is 25.7 Å². The van der Waals surface area contributed by atoms with Crippen LogP contribution in [0.15, 0.2) is 0 Å². The molecule has 0 aromatic rings. The summed E-state index contributed by atoms with van der Waals surface area (Å²) in [6.45, 7) is 13.7. The summed E-state index contributed by atoms with van der Waals surface area (Å²) in [5, 5.41) is 0. The van der Waals surface area contributed by atoms with Crippen molar-refractivity contribution in [3.05, 3.63) is 0 Å². The third-order valence-electron chi connectivity index (χ3n) is 4.40. The lowest BCUT2D eigenvalue weighted by molar-refractivity contribution is -0.184. The van der Waals surface area contributed by atoms with Crippen LogP contribution in [0.1, 0.15) is 61.3 Å². The first kappa shape index (κ1) is 20.9. The van der Waals surface area contributed by atoms with Crippen molar-refractivity contribution in [3.8, 4) is 0 Å². The molecule has 2 fully saturated rings. The number of nitrogens with zero attached hydrogens (tertiary/aromatic N) is 1. The van der Waals surface area contributed by atoms with Gasteiger partial charge >= 0.3 is 12.1 Å². The van der Waals surface area contributed by atoms with Gasteiger partial charge in [0.15, 0.2) is 0 Å². The van der Waals surface area contributed by atoms with Gasteiger partial charge in [-0.15, -0.1) is 0 Å². The number of alkyl halides is 1. The molecule has 1 saturated heterocycles. The molecule has 1 aliphatic carbocycles. The first-order valence-corrected chi connectivity index (χ1v) is 9.13. The molecule has 0 N–H and O–H groups in total. The number of esters is 1. The molecule has 1 saturated carbocycles. The van der Waals surface area contributed by atoms with E-state index in [4.69, 9.17) is 14.2 Å². The molecule has 0 aromatic carbocycles. The van der Waals surface area contributed by atoms with E-state index in [9.17, 15) is 14.0 Å². The molecule has 1 atom stereocenters. The number of halogens is 1. The Hall–Kier alpha value is -1.37. The maximum absolute atomic E-state index is 14.6. The average molecular weight is 373 g/mol. The van der Waals surface area contributed by atoms with Crippen LogP contribution in [0, 0.1) is 10.8 Å². The predicted octanol–water partition coefficient (Wildman–Crippen LogP) is 3.68. The zero-order valence-electron chi connectivity index (χ0n) is 17.0. The van der Waals surface area contributed by atoms with Crippen molar-refractivity contribution in [3.63, 3.8) is 0 Å². The van der Waals surface area contributed by atoms with Gasteiger partial charge in [-0.05, 0) is 54.4 Å². The van der Waals surface area contributed by atoms with Gasteiger partial charge in [-0.25, -0.2) is 9.18 Å². The molecule has 0 bridgehead atoms. The van der Waals surface area contributed by atoms with Gasteiger partial charge in [-0.1, -0.05) is 6.92 Å². The topological polar surface area (TPSA) is 65.1 Å². The molecule has 0 spiro atoms. The fourth-order valence-electron chi connectivity index (χ4n) is 2.89. The van der Waals surface area contributed by atoms with Crippen LogP contribution in [0.4, 0.5) is 9.18 Å². The van der Waals surface area contributed by atoms with Gasteiger partial charge in [-0.2, -0.15) is 0 Å². The van der Waals surface area contributed by atoms with Crippen LogP contribution >= 0.6 is 0 Å². The zero-order valence-corrected chi connectivity index (χ0v) is 17.0. The fraction of sp³-hybridized carbons (Fsp3) is 0.895. The van der Waals surface area contributed by atoms with Gasteiger partial charge < -0.3 is 19.1 Å². The third-order valence-corrected chi connectivity index (χ3v) is 4.40. The Bertz CT molecular complexity index is 553. The second-order valence-corrected chi connectivity index (χ2v) is 9.93. The Labute approximate surface area is 155 Å². The molecule has 150 valence electrons. The van der Waals surface area contributed by atoms with Gasteiger partial charge in [0.1, 0.15) is 16.6 Å². The second kappa shape index (κ2) is 6.66. The van der Waals surface area contributed by atoms with Gasteiger partial charge in [0, 0.05) is 18.5 Å². The van der Waals surface area contributed by atoms with Crippen molar-refractivity contribution >= 4 is 12.1 Å².